The van der Waals surface area contributed by atoms with Crippen LogP contribution in [0.3, 0.4) is 0 Å². The number of aliphatic hydroxyl groups is 1. The van der Waals surface area contributed by atoms with Crippen molar-refractivity contribution in [3.8, 4) is 0 Å². The van der Waals surface area contributed by atoms with Gasteiger partial charge in [-0.15, -0.1) is 0 Å². The third-order valence-corrected chi connectivity index (χ3v) is 11.6. The molecule has 0 aliphatic heterocycles. The molecule has 3 unspecified atom stereocenters. The Kier molecular flexibility index (Phi) is 39.2. The lowest BCUT2D eigenvalue weighted by atomic mass is 10.0. The van der Waals surface area contributed by atoms with E-state index in [0.717, 1.165) is 44.9 Å². The molecule has 57 heavy (non-hydrogen) atoms. The van der Waals surface area contributed by atoms with Gasteiger partial charge in [-0.3, -0.25) is 9.36 Å². The number of phosphoric ester groups is 1. The largest absolute Gasteiger partial charge is 0.756 e. The van der Waals surface area contributed by atoms with E-state index >= 15 is 0 Å². The molecule has 1 amide bonds. The Hall–Kier alpha value is -1.28. The second-order valence-electron chi connectivity index (χ2n) is 17.5. The summed E-state index contributed by atoms with van der Waals surface area (Å²) in [5.41, 5.74) is 0. The average molecular weight is 825 g/mol. The second-order valence-corrected chi connectivity index (χ2v) is 18.9. The van der Waals surface area contributed by atoms with Crippen LogP contribution in [0, 0.1) is 0 Å². The molecule has 0 rings (SSSR count). The van der Waals surface area contributed by atoms with E-state index in [0.29, 0.717) is 17.4 Å². The van der Waals surface area contributed by atoms with E-state index in [4.69, 9.17) is 9.05 Å². The van der Waals surface area contributed by atoms with Gasteiger partial charge in [0, 0.05) is 6.42 Å². The fraction of sp³-hybridized carbons (Fsp3) is 0.854. The quantitative estimate of drug-likeness (QED) is 0.0274. The molecular formula is C48H93N2O6P. The number of hydrogen-bond acceptors (Lipinski definition) is 6. The molecule has 0 saturated heterocycles. The van der Waals surface area contributed by atoms with Crippen molar-refractivity contribution in [2.45, 2.75) is 225 Å². The zero-order valence-corrected chi connectivity index (χ0v) is 38.9. The third-order valence-electron chi connectivity index (χ3n) is 10.6. The maximum absolute atomic E-state index is 12.9. The topological polar surface area (TPSA) is 108 Å². The highest BCUT2D eigenvalue weighted by Crippen LogP contribution is 2.38. The molecule has 0 aromatic carbocycles. The number of nitrogens with zero attached hydrogens (tertiary/aromatic N) is 1. The number of hydrogen-bond donors (Lipinski definition) is 2. The van der Waals surface area contributed by atoms with Crippen molar-refractivity contribution in [2.75, 3.05) is 40.9 Å². The van der Waals surface area contributed by atoms with Crippen molar-refractivity contribution in [2.24, 2.45) is 0 Å². The fourth-order valence-corrected chi connectivity index (χ4v) is 7.49. The minimum atomic E-state index is -4.59. The van der Waals surface area contributed by atoms with Crippen LogP contribution in [0.4, 0.5) is 0 Å². The van der Waals surface area contributed by atoms with Gasteiger partial charge in [-0.2, -0.15) is 0 Å². The SMILES string of the molecule is CCCCC/C=C\C/C=C\CCCCCCCCCCCC(=O)NC(COP(=O)([O-])OCC[N+](C)(C)C)C(O)/C=C/CCCCCCCCCCCCCCCC. The molecule has 0 fully saturated rings. The molecule has 0 aromatic heterocycles. The summed E-state index contributed by atoms with van der Waals surface area (Å²) in [7, 11) is 1.26. The zero-order valence-electron chi connectivity index (χ0n) is 38.0. The summed E-state index contributed by atoms with van der Waals surface area (Å²) in [6.07, 6.45) is 49.0. The number of allylic oxidation sites excluding steroid dienone is 5. The van der Waals surface area contributed by atoms with Crippen LogP contribution in [-0.2, 0) is 18.4 Å². The first-order valence-corrected chi connectivity index (χ1v) is 25.3. The molecule has 3 atom stereocenters. The summed E-state index contributed by atoms with van der Waals surface area (Å²) in [6, 6.07) is -0.887. The van der Waals surface area contributed by atoms with Gasteiger partial charge in [-0.1, -0.05) is 192 Å². The highest BCUT2D eigenvalue weighted by atomic mass is 31.2. The van der Waals surface area contributed by atoms with Crippen molar-refractivity contribution in [1.29, 1.82) is 0 Å². The van der Waals surface area contributed by atoms with Crippen molar-refractivity contribution in [1.82, 2.24) is 5.32 Å². The first-order valence-electron chi connectivity index (χ1n) is 23.9. The van der Waals surface area contributed by atoms with Crippen LogP contribution < -0.4 is 10.2 Å². The number of amides is 1. The van der Waals surface area contributed by atoms with Gasteiger partial charge in [0.15, 0.2) is 0 Å². The van der Waals surface area contributed by atoms with Crippen LogP contribution in [-0.4, -0.2) is 68.5 Å². The maximum atomic E-state index is 12.9. The summed E-state index contributed by atoms with van der Waals surface area (Å²) in [5, 5.41) is 13.8. The fourth-order valence-electron chi connectivity index (χ4n) is 6.77. The van der Waals surface area contributed by atoms with E-state index in [-0.39, 0.29) is 19.1 Å². The second kappa shape index (κ2) is 40.1. The molecule has 2 N–H and O–H groups in total. The Balaban J connectivity index is 4.37. The van der Waals surface area contributed by atoms with Crippen LogP contribution >= 0.6 is 7.82 Å². The summed E-state index contributed by atoms with van der Waals surface area (Å²) >= 11 is 0. The highest BCUT2D eigenvalue weighted by Gasteiger charge is 2.23. The van der Waals surface area contributed by atoms with Gasteiger partial charge in [-0.05, 0) is 51.4 Å². The third kappa shape index (κ3) is 42.6. The zero-order chi connectivity index (χ0) is 42.1. The molecule has 0 heterocycles. The number of phosphoric acid groups is 1. The van der Waals surface area contributed by atoms with E-state index in [1.54, 1.807) is 6.08 Å². The average Bonchev–Trinajstić information content (AvgIpc) is 3.16. The van der Waals surface area contributed by atoms with E-state index in [1.807, 2.05) is 27.2 Å². The summed E-state index contributed by atoms with van der Waals surface area (Å²) in [4.78, 5) is 25.3. The molecule has 0 bridgehead atoms. The molecule has 336 valence electrons. The predicted octanol–water partition coefficient (Wildman–Crippen LogP) is 12.8. The lowest BCUT2D eigenvalue weighted by molar-refractivity contribution is -0.870. The van der Waals surface area contributed by atoms with Gasteiger partial charge < -0.3 is 28.8 Å². The lowest BCUT2D eigenvalue weighted by Crippen LogP contribution is -2.45. The van der Waals surface area contributed by atoms with E-state index in [1.165, 1.54) is 148 Å². The number of carbonyl (C=O) groups excluding carboxylic acids is 1. The molecule has 9 heteroatoms. The van der Waals surface area contributed by atoms with Gasteiger partial charge in [0.25, 0.3) is 7.82 Å². The molecule has 8 nitrogen and oxygen atoms in total. The first kappa shape index (κ1) is 55.7. The standard InChI is InChI=1S/C48H93N2O6P/c1-6-8-10-12-14-16-18-20-22-24-25-26-28-30-32-34-36-38-40-42-48(52)49-46(45-56-57(53,54)55-44-43-50(3,4)5)47(51)41-39-37-35-33-31-29-27-23-21-19-17-15-13-11-9-7-2/h14,16,20,22,39,41,46-47,51H,6-13,15,17-19,21,23-38,40,42-45H2,1-5H3,(H-,49,52,53,54)/b16-14-,22-20-,41-39+. The van der Waals surface area contributed by atoms with Crippen molar-refractivity contribution in [3.63, 3.8) is 0 Å². The van der Waals surface area contributed by atoms with Gasteiger partial charge in [0.1, 0.15) is 13.2 Å². The minimum absolute atomic E-state index is 0.00186. The number of likely N-dealkylation sites (N-methyl/N-ethyl adjacent to an activating group) is 1. The molecule has 0 spiro atoms. The number of aliphatic hydroxyl groups excluding tert-OH is 1. The van der Waals surface area contributed by atoms with Crippen LogP contribution in [0.1, 0.15) is 213 Å². The number of quaternary nitrogens is 1. The van der Waals surface area contributed by atoms with Crippen LogP contribution in [0.15, 0.2) is 36.5 Å². The summed E-state index contributed by atoms with van der Waals surface area (Å²) in [6.45, 7) is 4.62. The number of nitrogens with one attached hydrogen (secondary N) is 1. The maximum Gasteiger partial charge on any atom is 0.268 e. The van der Waals surface area contributed by atoms with Crippen LogP contribution in [0.2, 0.25) is 0 Å². The van der Waals surface area contributed by atoms with E-state index < -0.39 is 20.0 Å². The van der Waals surface area contributed by atoms with Crippen molar-refractivity contribution in [3.05, 3.63) is 36.5 Å². The smallest absolute Gasteiger partial charge is 0.268 e. The molecule has 0 aliphatic rings. The normalized spacial score (nSPS) is 14.6. The Morgan fingerprint density at radius 1 is 0.614 bits per heavy atom. The number of carbonyl (C=O) groups is 1. The lowest BCUT2D eigenvalue weighted by Gasteiger charge is -2.29. The molecular weight excluding hydrogens is 732 g/mol. The van der Waals surface area contributed by atoms with Gasteiger partial charge >= 0.3 is 0 Å². The molecule has 0 aliphatic carbocycles. The predicted molar refractivity (Wildman–Crippen MR) is 242 cm³/mol. The molecule has 0 radical (unpaired) electrons. The first-order chi connectivity index (χ1) is 27.5. The molecule has 0 saturated carbocycles. The Morgan fingerprint density at radius 3 is 1.49 bits per heavy atom. The van der Waals surface area contributed by atoms with Gasteiger partial charge in [0.2, 0.25) is 5.91 Å². The van der Waals surface area contributed by atoms with Crippen molar-refractivity contribution < 1.29 is 32.9 Å². The van der Waals surface area contributed by atoms with E-state index in [9.17, 15) is 19.4 Å². The summed E-state index contributed by atoms with van der Waals surface area (Å²) < 4.78 is 23.2. The number of unbranched alkanes of at least 4 members (excludes halogenated alkanes) is 26. The highest BCUT2D eigenvalue weighted by molar-refractivity contribution is 7.45. The van der Waals surface area contributed by atoms with Crippen molar-refractivity contribution >= 4 is 13.7 Å². The molecule has 0 aromatic rings. The van der Waals surface area contributed by atoms with E-state index in [2.05, 4.69) is 43.5 Å². The van der Waals surface area contributed by atoms with Crippen LogP contribution in [0.5, 0.6) is 0 Å². The number of rotatable bonds is 43. The monoisotopic (exact) mass is 825 g/mol. The van der Waals surface area contributed by atoms with Crippen LogP contribution in [0.25, 0.3) is 0 Å². The summed E-state index contributed by atoms with van der Waals surface area (Å²) in [5.74, 6) is -0.202. The van der Waals surface area contributed by atoms with Gasteiger partial charge in [0.05, 0.1) is 39.9 Å². The Morgan fingerprint density at radius 2 is 1.02 bits per heavy atom. The Labute approximate surface area is 353 Å². The minimum Gasteiger partial charge on any atom is -0.756 e. The Bertz CT molecular complexity index is 1030. The van der Waals surface area contributed by atoms with Gasteiger partial charge in [-0.25, -0.2) is 0 Å².